The second kappa shape index (κ2) is 6.06. The average Bonchev–Trinajstić information content (AvgIpc) is 2.39. The quantitative estimate of drug-likeness (QED) is 0.894. The highest BCUT2D eigenvalue weighted by Crippen LogP contribution is 2.21. The van der Waals surface area contributed by atoms with Crippen molar-refractivity contribution in [1.82, 2.24) is 10.2 Å². The van der Waals surface area contributed by atoms with Gasteiger partial charge < -0.3 is 15.0 Å². The smallest absolute Gasteiger partial charge is 0.227 e. The summed E-state index contributed by atoms with van der Waals surface area (Å²) in [6.07, 6.45) is 0.412. The van der Waals surface area contributed by atoms with E-state index in [1.54, 1.807) is 7.11 Å². The Hall–Kier alpha value is -1.55. The molecule has 4 heteroatoms. The van der Waals surface area contributed by atoms with E-state index in [0.717, 1.165) is 36.5 Å². The number of ether oxygens (including phenoxy) is 1. The number of aryl methyl sites for hydroxylation is 1. The van der Waals surface area contributed by atoms with Crippen molar-refractivity contribution in [1.29, 1.82) is 0 Å². The van der Waals surface area contributed by atoms with E-state index >= 15 is 0 Å². The number of carbonyl (C=O) groups is 1. The minimum Gasteiger partial charge on any atom is -0.496 e. The van der Waals surface area contributed by atoms with Crippen LogP contribution < -0.4 is 10.1 Å². The van der Waals surface area contributed by atoms with Crippen LogP contribution in [-0.4, -0.2) is 43.6 Å². The van der Waals surface area contributed by atoms with E-state index in [4.69, 9.17) is 4.74 Å². The van der Waals surface area contributed by atoms with Crippen molar-refractivity contribution in [3.05, 3.63) is 29.3 Å². The zero-order valence-corrected chi connectivity index (χ0v) is 11.9. The first-order chi connectivity index (χ1) is 9.11. The van der Waals surface area contributed by atoms with E-state index in [1.165, 1.54) is 0 Å². The molecule has 1 aliphatic heterocycles. The molecule has 4 nitrogen and oxygen atoms in total. The molecule has 0 unspecified atom stereocenters. The summed E-state index contributed by atoms with van der Waals surface area (Å²) in [6, 6.07) is 6.22. The molecule has 0 aromatic heterocycles. The van der Waals surface area contributed by atoms with Gasteiger partial charge in [0.15, 0.2) is 0 Å². The Kier molecular flexibility index (Phi) is 4.43. The van der Waals surface area contributed by atoms with Crippen LogP contribution in [0.25, 0.3) is 0 Å². The van der Waals surface area contributed by atoms with Gasteiger partial charge in [0.05, 0.1) is 13.5 Å². The number of amides is 1. The van der Waals surface area contributed by atoms with Crippen molar-refractivity contribution in [3.63, 3.8) is 0 Å². The topological polar surface area (TPSA) is 41.6 Å². The largest absolute Gasteiger partial charge is 0.496 e. The van der Waals surface area contributed by atoms with Gasteiger partial charge in [0, 0.05) is 31.2 Å². The fraction of sp³-hybridized carbons (Fsp3) is 0.533. The zero-order valence-electron chi connectivity index (χ0n) is 11.9. The van der Waals surface area contributed by atoms with Crippen LogP contribution >= 0.6 is 0 Å². The number of nitrogens with zero attached hydrogens (tertiary/aromatic N) is 1. The summed E-state index contributed by atoms with van der Waals surface area (Å²) in [6.45, 7) is 6.64. The Morgan fingerprint density at radius 2 is 2.32 bits per heavy atom. The molecule has 1 heterocycles. The number of nitrogens with one attached hydrogen (secondary N) is 1. The van der Waals surface area contributed by atoms with Gasteiger partial charge in [0.1, 0.15) is 5.75 Å². The van der Waals surface area contributed by atoms with Crippen molar-refractivity contribution < 1.29 is 9.53 Å². The number of hydrogen-bond donors (Lipinski definition) is 1. The van der Waals surface area contributed by atoms with E-state index in [2.05, 4.69) is 12.2 Å². The Bertz CT molecular complexity index is 459. The summed E-state index contributed by atoms with van der Waals surface area (Å²) in [5.41, 5.74) is 2.12. The van der Waals surface area contributed by atoms with E-state index in [0.29, 0.717) is 6.42 Å². The molecule has 0 saturated carbocycles. The maximum Gasteiger partial charge on any atom is 0.227 e. The second-order valence-corrected chi connectivity index (χ2v) is 5.13. The molecule has 104 valence electrons. The fourth-order valence-corrected chi connectivity index (χ4v) is 2.52. The van der Waals surface area contributed by atoms with Crippen molar-refractivity contribution in [2.24, 2.45) is 0 Å². The highest BCUT2D eigenvalue weighted by atomic mass is 16.5. The van der Waals surface area contributed by atoms with Gasteiger partial charge in [-0.1, -0.05) is 17.7 Å². The van der Waals surface area contributed by atoms with Crippen molar-refractivity contribution in [2.45, 2.75) is 26.3 Å². The number of piperazine rings is 1. The Morgan fingerprint density at radius 1 is 1.53 bits per heavy atom. The summed E-state index contributed by atoms with van der Waals surface area (Å²) in [5, 5.41) is 3.30. The van der Waals surface area contributed by atoms with E-state index in [-0.39, 0.29) is 11.9 Å². The number of benzene rings is 1. The second-order valence-electron chi connectivity index (χ2n) is 5.13. The molecule has 0 radical (unpaired) electrons. The summed E-state index contributed by atoms with van der Waals surface area (Å²) in [4.78, 5) is 14.4. The first-order valence-electron chi connectivity index (χ1n) is 6.75. The van der Waals surface area contributed by atoms with E-state index in [9.17, 15) is 4.79 Å². The highest BCUT2D eigenvalue weighted by Gasteiger charge is 2.23. The van der Waals surface area contributed by atoms with Crippen molar-refractivity contribution in [2.75, 3.05) is 26.7 Å². The summed E-state index contributed by atoms with van der Waals surface area (Å²) >= 11 is 0. The number of hydrogen-bond acceptors (Lipinski definition) is 3. The molecule has 1 N–H and O–H groups in total. The molecular formula is C15H22N2O2. The van der Waals surface area contributed by atoms with Crippen LogP contribution in [-0.2, 0) is 11.2 Å². The van der Waals surface area contributed by atoms with Crippen LogP contribution in [0, 0.1) is 6.92 Å². The number of rotatable bonds is 3. The van der Waals surface area contributed by atoms with Gasteiger partial charge in [-0.05, 0) is 19.9 Å². The first-order valence-corrected chi connectivity index (χ1v) is 6.75. The lowest BCUT2D eigenvalue weighted by Crippen LogP contribution is -2.52. The number of carbonyl (C=O) groups excluding carboxylic acids is 1. The molecule has 1 aliphatic rings. The van der Waals surface area contributed by atoms with Gasteiger partial charge in [-0.3, -0.25) is 4.79 Å². The Balaban J connectivity index is 2.11. The predicted molar refractivity (Wildman–Crippen MR) is 75.5 cm³/mol. The molecule has 0 aliphatic carbocycles. The lowest BCUT2D eigenvalue weighted by Gasteiger charge is -2.34. The van der Waals surface area contributed by atoms with Crippen LogP contribution in [0.1, 0.15) is 18.1 Å². The monoisotopic (exact) mass is 262 g/mol. The number of methoxy groups -OCH3 is 1. The van der Waals surface area contributed by atoms with Gasteiger partial charge in [0.25, 0.3) is 0 Å². The van der Waals surface area contributed by atoms with Crippen LogP contribution in [0.3, 0.4) is 0 Å². The SMILES string of the molecule is COc1ccc(C)cc1CC(=O)N1CCNC[C@@H]1C. The predicted octanol–water partition coefficient (Wildman–Crippen LogP) is 1.37. The maximum absolute atomic E-state index is 12.4. The summed E-state index contributed by atoms with van der Waals surface area (Å²) < 4.78 is 5.33. The maximum atomic E-state index is 12.4. The van der Waals surface area contributed by atoms with Gasteiger partial charge >= 0.3 is 0 Å². The van der Waals surface area contributed by atoms with Crippen LogP contribution in [0.2, 0.25) is 0 Å². The molecule has 1 aromatic rings. The Labute approximate surface area is 114 Å². The third kappa shape index (κ3) is 3.26. The molecule has 1 saturated heterocycles. The van der Waals surface area contributed by atoms with Gasteiger partial charge in [0.2, 0.25) is 5.91 Å². The van der Waals surface area contributed by atoms with E-state index < -0.39 is 0 Å². The van der Waals surface area contributed by atoms with Gasteiger partial charge in [-0.25, -0.2) is 0 Å². The normalized spacial score (nSPS) is 19.3. The molecular weight excluding hydrogens is 240 g/mol. The zero-order chi connectivity index (χ0) is 13.8. The minimum absolute atomic E-state index is 0.179. The van der Waals surface area contributed by atoms with Gasteiger partial charge in [-0.2, -0.15) is 0 Å². The first kappa shape index (κ1) is 13.9. The van der Waals surface area contributed by atoms with Crippen molar-refractivity contribution in [3.8, 4) is 5.75 Å². The van der Waals surface area contributed by atoms with Gasteiger partial charge in [-0.15, -0.1) is 0 Å². The van der Waals surface area contributed by atoms with Crippen molar-refractivity contribution >= 4 is 5.91 Å². The molecule has 19 heavy (non-hydrogen) atoms. The third-order valence-electron chi connectivity index (χ3n) is 3.60. The molecule has 2 rings (SSSR count). The van der Waals surface area contributed by atoms with E-state index in [1.807, 2.05) is 30.0 Å². The lowest BCUT2D eigenvalue weighted by molar-refractivity contribution is -0.133. The molecule has 1 aromatic carbocycles. The summed E-state index contributed by atoms with van der Waals surface area (Å²) in [7, 11) is 1.64. The highest BCUT2D eigenvalue weighted by molar-refractivity contribution is 5.80. The van der Waals surface area contributed by atoms with Crippen LogP contribution in [0.5, 0.6) is 5.75 Å². The van der Waals surface area contributed by atoms with Crippen LogP contribution in [0.4, 0.5) is 0 Å². The molecule has 1 atom stereocenters. The third-order valence-corrected chi connectivity index (χ3v) is 3.60. The average molecular weight is 262 g/mol. The lowest BCUT2D eigenvalue weighted by atomic mass is 10.1. The standard InChI is InChI=1S/C15H22N2O2/c1-11-4-5-14(19-3)13(8-11)9-15(18)17-7-6-16-10-12(17)2/h4-5,8,12,16H,6-7,9-10H2,1-3H3/t12-/m0/s1. The molecule has 1 amide bonds. The molecule has 1 fully saturated rings. The fourth-order valence-electron chi connectivity index (χ4n) is 2.52. The molecule has 0 bridgehead atoms. The summed E-state index contributed by atoms with van der Waals surface area (Å²) in [5.74, 6) is 0.972. The van der Waals surface area contributed by atoms with Crippen LogP contribution in [0.15, 0.2) is 18.2 Å². The minimum atomic E-state index is 0.179. The Morgan fingerprint density at radius 3 is 3.00 bits per heavy atom. The molecule has 0 spiro atoms.